The number of hydrogen-bond acceptors (Lipinski definition) is 3. The van der Waals surface area contributed by atoms with E-state index < -0.39 is 0 Å². The van der Waals surface area contributed by atoms with Gasteiger partial charge in [-0.05, 0) is 12.8 Å². The largest absolute Gasteiger partial charge is 0.366 e. The molecule has 1 saturated heterocycles. The van der Waals surface area contributed by atoms with Gasteiger partial charge >= 0.3 is 0 Å². The summed E-state index contributed by atoms with van der Waals surface area (Å²) in [5, 5.41) is 0.387. The van der Waals surface area contributed by atoms with Gasteiger partial charge in [-0.15, -0.1) is 11.8 Å². The molecule has 0 bridgehead atoms. The molecular formula is C7H13OS2. The maximum absolute atomic E-state index is 5.43. The molecule has 1 nitrogen and oxygen atoms in total. The second kappa shape index (κ2) is 4.52. The Morgan fingerprint density at radius 1 is 1.90 bits per heavy atom. The fraction of sp³-hybridized carbons (Fsp3) is 0.857. The Morgan fingerprint density at radius 3 is 3.20 bits per heavy atom. The molecule has 1 fully saturated rings. The van der Waals surface area contributed by atoms with Crippen LogP contribution in [0.25, 0.3) is 0 Å². The lowest BCUT2D eigenvalue weighted by molar-refractivity contribution is 0.141. The average molecular weight is 177 g/mol. The molecule has 0 N–H and O–H groups in total. The van der Waals surface area contributed by atoms with Crippen molar-refractivity contribution in [2.24, 2.45) is 0 Å². The second-order valence-electron chi connectivity index (χ2n) is 2.32. The Labute approximate surface area is 72.3 Å². The van der Waals surface area contributed by atoms with Crippen molar-refractivity contribution >= 4 is 24.4 Å². The Morgan fingerprint density at radius 2 is 2.70 bits per heavy atom. The van der Waals surface area contributed by atoms with Crippen molar-refractivity contribution < 1.29 is 4.74 Å². The summed E-state index contributed by atoms with van der Waals surface area (Å²) >= 11 is 6.30. The van der Waals surface area contributed by atoms with Crippen LogP contribution in [0.15, 0.2) is 0 Å². The summed E-state index contributed by atoms with van der Waals surface area (Å²) in [7, 11) is 0. The lowest BCUT2D eigenvalue weighted by Gasteiger charge is -2.15. The van der Waals surface area contributed by atoms with E-state index in [1.165, 1.54) is 0 Å². The number of thioether (sulfide) groups is 1. The highest BCUT2D eigenvalue weighted by Gasteiger charge is 2.22. The lowest BCUT2D eigenvalue weighted by atomic mass is 10.2. The third-order valence-corrected chi connectivity index (χ3v) is 3.32. The molecule has 1 aliphatic heterocycles. The van der Waals surface area contributed by atoms with Crippen LogP contribution in [0, 0.1) is 6.42 Å². The number of rotatable bonds is 3. The van der Waals surface area contributed by atoms with Crippen LogP contribution in [-0.4, -0.2) is 23.0 Å². The predicted octanol–water partition coefficient (Wildman–Crippen LogP) is 1.99. The summed E-state index contributed by atoms with van der Waals surface area (Å²) in [6, 6.07) is 0. The maximum Gasteiger partial charge on any atom is 0.114 e. The number of thiol groups is 1. The van der Waals surface area contributed by atoms with Crippen LogP contribution in [-0.2, 0) is 4.74 Å². The van der Waals surface area contributed by atoms with Gasteiger partial charge in [0, 0.05) is 11.0 Å². The molecule has 1 radical (unpaired) electrons. The Balaban J connectivity index is 2.18. The van der Waals surface area contributed by atoms with Gasteiger partial charge in [0.25, 0.3) is 0 Å². The first-order chi connectivity index (χ1) is 4.84. The number of ether oxygens (including phenoxy) is 1. The molecule has 1 rings (SSSR count). The van der Waals surface area contributed by atoms with Gasteiger partial charge in [-0.3, -0.25) is 0 Å². The van der Waals surface area contributed by atoms with Crippen molar-refractivity contribution in [3.63, 3.8) is 0 Å². The van der Waals surface area contributed by atoms with Crippen molar-refractivity contribution in [3.05, 3.63) is 6.42 Å². The van der Waals surface area contributed by atoms with E-state index in [1.54, 1.807) is 0 Å². The van der Waals surface area contributed by atoms with Crippen LogP contribution in [0.2, 0.25) is 0 Å². The van der Waals surface area contributed by atoms with Gasteiger partial charge in [-0.1, -0.05) is 6.92 Å². The highest BCUT2D eigenvalue weighted by Crippen LogP contribution is 2.27. The smallest absolute Gasteiger partial charge is 0.114 e. The zero-order valence-electron chi connectivity index (χ0n) is 6.12. The van der Waals surface area contributed by atoms with Gasteiger partial charge in [0.2, 0.25) is 0 Å². The summed E-state index contributed by atoms with van der Waals surface area (Å²) in [5.41, 5.74) is 0.333. The van der Waals surface area contributed by atoms with Gasteiger partial charge in [-0.2, -0.15) is 12.6 Å². The fourth-order valence-corrected chi connectivity index (χ4v) is 2.46. The highest BCUT2D eigenvalue weighted by atomic mass is 32.2. The Bertz CT molecular complexity index is 91.6. The van der Waals surface area contributed by atoms with Gasteiger partial charge in [0.15, 0.2) is 0 Å². The zero-order chi connectivity index (χ0) is 7.40. The quantitative estimate of drug-likeness (QED) is 0.660. The van der Waals surface area contributed by atoms with Gasteiger partial charge < -0.3 is 4.74 Å². The van der Waals surface area contributed by atoms with Crippen LogP contribution in [0.4, 0.5) is 0 Å². The van der Waals surface area contributed by atoms with Crippen molar-refractivity contribution in [1.29, 1.82) is 0 Å². The molecule has 1 aliphatic rings. The zero-order valence-corrected chi connectivity index (χ0v) is 7.83. The van der Waals surface area contributed by atoms with Crippen LogP contribution in [0.5, 0.6) is 0 Å². The first-order valence-electron chi connectivity index (χ1n) is 3.53. The van der Waals surface area contributed by atoms with Crippen molar-refractivity contribution in [2.45, 2.75) is 24.0 Å². The topological polar surface area (TPSA) is 9.23 Å². The van der Waals surface area contributed by atoms with Crippen molar-refractivity contribution in [3.8, 4) is 0 Å². The molecule has 0 aromatic heterocycles. The maximum atomic E-state index is 5.43. The summed E-state index contributed by atoms with van der Waals surface area (Å²) in [6.07, 6.45) is 3.18. The Kier molecular flexibility index (Phi) is 3.96. The van der Waals surface area contributed by atoms with Crippen LogP contribution in [0.1, 0.15) is 13.3 Å². The lowest BCUT2D eigenvalue weighted by Crippen LogP contribution is -2.16. The van der Waals surface area contributed by atoms with E-state index in [0.29, 0.717) is 10.7 Å². The molecule has 0 aromatic rings. The molecule has 59 valence electrons. The minimum Gasteiger partial charge on any atom is -0.366 e. The van der Waals surface area contributed by atoms with Gasteiger partial charge in [0.1, 0.15) is 5.44 Å². The molecule has 10 heavy (non-hydrogen) atoms. The van der Waals surface area contributed by atoms with Crippen molar-refractivity contribution in [2.75, 3.05) is 12.4 Å². The van der Waals surface area contributed by atoms with E-state index in [9.17, 15) is 0 Å². The molecule has 0 saturated carbocycles. The third kappa shape index (κ3) is 2.36. The predicted molar refractivity (Wildman–Crippen MR) is 49.6 cm³/mol. The third-order valence-electron chi connectivity index (χ3n) is 1.44. The fourth-order valence-electron chi connectivity index (χ4n) is 0.951. The number of hydrogen-bond donors (Lipinski definition) is 1. The monoisotopic (exact) mass is 177 g/mol. The minimum atomic E-state index is 0.333. The van der Waals surface area contributed by atoms with E-state index in [4.69, 9.17) is 4.74 Å². The summed E-state index contributed by atoms with van der Waals surface area (Å²) in [6.45, 7) is 2.96. The molecular weight excluding hydrogens is 164 g/mol. The van der Waals surface area contributed by atoms with Crippen LogP contribution >= 0.6 is 24.4 Å². The standard InChI is InChI=1S/C7H13OS2/c1-2-3-6(9)7-8-4-5-10-7/h2,6-7,9H,3-5H2,1H3/t6?,7-/m1/s1. The van der Waals surface area contributed by atoms with Crippen LogP contribution in [0.3, 0.4) is 0 Å². The molecule has 0 aliphatic carbocycles. The first-order valence-corrected chi connectivity index (χ1v) is 5.10. The van der Waals surface area contributed by atoms with E-state index in [1.807, 2.05) is 11.8 Å². The van der Waals surface area contributed by atoms with E-state index in [0.717, 1.165) is 18.8 Å². The highest BCUT2D eigenvalue weighted by molar-refractivity contribution is 8.00. The molecule has 3 heteroatoms. The van der Waals surface area contributed by atoms with Crippen LogP contribution < -0.4 is 0 Å². The molecule has 1 unspecified atom stereocenters. The summed E-state index contributed by atoms with van der Waals surface area (Å²) in [5.74, 6) is 1.13. The van der Waals surface area contributed by atoms with E-state index in [-0.39, 0.29) is 0 Å². The van der Waals surface area contributed by atoms with Crippen molar-refractivity contribution in [1.82, 2.24) is 0 Å². The summed E-state index contributed by atoms with van der Waals surface area (Å²) < 4.78 is 5.43. The van der Waals surface area contributed by atoms with Gasteiger partial charge in [-0.25, -0.2) is 0 Å². The normalized spacial score (nSPS) is 28.8. The summed E-state index contributed by atoms with van der Waals surface area (Å²) in [4.78, 5) is 0. The molecule has 0 aromatic carbocycles. The molecule has 1 heterocycles. The molecule has 0 amide bonds. The van der Waals surface area contributed by atoms with Gasteiger partial charge in [0.05, 0.1) is 6.61 Å². The Hall–Kier alpha value is 0.660. The average Bonchev–Trinajstić information content (AvgIpc) is 2.38. The first kappa shape index (κ1) is 8.75. The SMILES string of the molecule is C[CH]CC(S)[C@@H]1OCCS1. The molecule has 2 atom stereocenters. The van der Waals surface area contributed by atoms with E-state index in [2.05, 4.69) is 26.0 Å². The molecule has 0 spiro atoms. The van der Waals surface area contributed by atoms with E-state index >= 15 is 0 Å². The second-order valence-corrected chi connectivity index (χ2v) is 4.19. The minimum absolute atomic E-state index is 0.333.